The van der Waals surface area contributed by atoms with Crippen molar-refractivity contribution in [3.8, 4) is 28.0 Å². The molecule has 3 N–H and O–H groups in total. The normalized spacial score (nSPS) is 17.4. The fourth-order valence-electron chi connectivity index (χ4n) is 4.07. The smallest absolute Gasteiger partial charge is 0.404 e. The molecule has 1 aliphatic rings. The van der Waals surface area contributed by atoms with Gasteiger partial charge in [-0.2, -0.15) is 10.4 Å². The molecule has 4 aromatic heterocycles. The number of anilines is 1. The van der Waals surface area contributed by atoms with Gasteiger partial charge in [0.15, 0.2) is 5.01 Å². The molecule has 4 aromatic rings. The number of nitrogens with zero attached hydrogens (tertiary/aromatic N) is 6. The average Bonchev–Trinajstić information content (AvgIpc) is 3.42. The summed E-state index contributed by atoms with van der Waals surface area (Å²) in [6.45, 7) is 4.13. The Morgan fingerprint density at radius 1 is 1.26 bits per heavy atom. The average molecular weight is 475 g/mol. The summed E-state index contributed by atoms with van der Waals surface area (Å²) in [5.74, 6) is 0.216. The first kappa shape index (κ1) is 21.8. The van der Waals surface area contributed by atoms with E-state index in [9.17, 15) is 4.79 Å². The highest BCUT2D eigenvalue weighted by Gasteiger charge is 2.34. The number of carboxylic acid groups (broad SMARTS) is 1. The van der Waals surface area contributed by atoms with Crippen LogP contribution in [0, 0.1) is 11.3 Å². The molecule has 11 heteroatoms. The first-order valence-corrected chi connectivity index (χ1v) is 11.7. The van der Waals surface area contributed by atoms with Crippen LogP contribution in [0.5, 0.6) is 0 Å². The van der Waals surface area contributed by atoms with Gasteiger partial charge in [-0.05, 0) is 51.0 Å². The third-order valence-electron chi connectivity index (χ3n) is 5.73. The summed E-state index contributed by atoms with van der Waals surface area (Å²) in [5.41, 5.74) is 4.65. The number of rotatable bonds is 6. The van der Waals surface area contributed by atoms with Crippen LogP contribution in [0.15, 0.2) is 36.7 Å². The van der Waals surface area contributed by atoms with Crippen LogP contribution in [0.25, 0.3) is 27.5 Å². The molecular weight excluding hydrogens is 452 g/mol. The van der Waals surface area contributed by atoms with Crippen molar-refractivity contribution in [2.24, 2.45) is 0 Å². The van der Waals surface area contributed by atoms with E-state index < -0.39 is 6.09 Å². The number of nitriles is 1. The van der Waals surface area contributed by atoms with E-state index in [4.69, 9.17) is 10.4 Å². The Morgan fingerprint density at radius 3 is 2.82 bits per heavy atom. The molecule has 0 radical (unpaired) electrons. The quantitative estimate of drug-likeness (QED) is 0.379. The van der Waals surface area contributed by atoms with Crippen molar-refractivity contribution < 1.29 is 9.90 Å². The Morgan fingerprint density at radius 2 is 2.09 bits per heavy atom. The van der Waals surface area contributed by atoms with Gasteiger partial charge < -0.3 is 15.7 Å². The van der Waals surface area contributed by atoms with E-state index in [1.54, 1.807) is 16.8 Å². The van der Waals surface area contributed by atoms with Gasteiger partial charge >= 0.3 is 6.09 Å². The summed E-state index contributed by atoms with van der Waals surface area (Å²) in [6, 6.07) is 9.90. The van der Waals surface area contributed by atoms with Gasteiger partial charge in [-0.3, -0.25) is 4.98 Å². The van der Waals surface area contributed by atoms with Gasteiger partial charge in [0.05, 0.1) is 34.2 Å². The number of pyridine rings is 1. The topological polar surface area (TPSA) is 141 Å². The molecule has 0 aliphatic heterocycles. The number of carbonyl (C=O) groups is 1. The number of amides is 1. The molecule has 0 bridgehead atoms. The molecule has 5 rings (SSSR count). The van der Waals surface area contributed by atoms with Crippen LogP contribution in [0.2, 0.25) is 0 Å². The molecule has 1 amide bonds. The second-order valence-corrected chi connectivity index (χ2v) is 9.59. The third-order valence-corrected chi connectivity index (χ3v) is 6.85. The number of fused-ring (bicyclic) bond motifs is 1. The van der Waals surface area contributed by atoms with Gasteiger partial charge in [-0.15, -0.1) is 10.2 Å². The molecule has 0 saturated heterocycles. The first-order chi connectivity index (χ1) is 16.4. The zero-order chi connectivity index (χ0) is 23.8. The van der Waals surface area contributed by atoms with Crippen molar-refractivity contribution in [2.75, 3.05) is 5.32 Å². The summed E-state index contributed by atoms with van der Waals surface area (Å²) >= 11 is 1.52. The van der Waals surface area contributed by atoms with E-state index in [0.717, 1.165) is 51.0 Å². The number of hydrogen-bond acceptors (Lipinski definition) is 8. The zero-order valence-corrected chi connectivity index (χ0v) is 19.4. The molecule has 10 nitrogen and oxygen atoms in total. The Kier molecular flexibility index (Phi) is 5.59. The number of aromatic nitrogens is 5. The zero-order valence-electron chi connectivity index (χ0n) is 18.6. The van der Waals surface area contributed by atoms with Gasteiger partial charge in [0.1, 0.15) is 11.1 Å². The highest BCUT2D eigenvalue weighted by atomic mass is 32.1. The van der Waals surface area contributed by atoms with Crippen molar-refractivity contribution in [1.82, 2.24) is 30.1 Å². The second kappa shape index (κ2) is 8.72. The van der Waals surface area contributed by atoms with E-state index in [0.29, 0.717) is 5.56 Å². The maximum Gasteiger partial charge on any atom is 0.404 e. The van der Waals surface area contributed by atoms with Gasteiger partial charge in [0, 0.05) is 29.9 Å². The Labute approximate surface area is 199 Å². The lowest BCUT2D eigenvalue weighted by molar-refractivity contribution is 0.178. The molecule has 1 saturated carbocycles. The van der Waals surface area contributed by atoms with E-state index >= 15 is 0 Å². The molecule has 0 spiro atoms. The number of nitrogens with one attached hydrogen (secondary N) is 2. The summed E-state index contributed by atoms with van der Waals surface area (Å²) in [7, 11) is 0. The summed E-state index contributed by atoms with van der Waals surface area (Å²) in [5, 5.41) is 38.8. The van der Waals surface area contributed by atoms with E-state index in [2.05, 4.69) is 50.8 Å². The summed E-state index contributed by atoms with van der Waals surface area (Å²) in [6.07, 6.45) is 3.81. The van der Waals surface area contributed by atoms with Crippen LogP contribution in [-0.4, -0.2) is 48.1 Å². The van der Waals surface area contributed by atoms with E-state index in [1.165, 1.54) is 17.5 Å². The standard InChI is InChI=1S/C23H22N8O2S/c1-12(2)27-18-8-19(20-4-3-16-5-13(9-24)10-26-31(16)20)25-11-17(18)22-30-29-21(34-22)14-6-15(7-14)28-23(32)33/h3-5,8,10-12,14-15,28H,6-7H2,1-2H3,(H,25,27)(H,32,33)/t14-,15-. The van der Waals surface area contributed by atoms with Crippen LogP contribution in [0.4, 0.5) is 10.5 Å². The van der Waals surface area contributed by atoms with E-state index in [-0.39, 0.29) is 18.0 Å². The molecule has 4 heterocycles. The SMILES string of the molecule is CC(C)Nc1cc(-c2ccc3cc(C#N)cnn23)ncc1-c1nnc([C@H]2C[C@H](NC(=O)O)C2)s1. The minimum absolute atomic E-state index is 0.0244. The largest absolute Gasteiger partial charge is 0.465 e. The Balaban J connectivity index is 1.45. The lowest BCUT2D eigenvalue weighted by Gasteiger charge is -2.33. The first-order valence-electron chi connectivity index (χ1n) is 10.9. The highest BCUT2D eigenvalue weighted by molar-refractivity contribution is 7.14. The van der Waals surface area contributed by atoms with Crippen molar-refractivity contribution in [3.63, 3.8) is 0 Å². The third kappa shape index (κ3) is 4.15. The Hall–Kier alpha value is -4.04. The van der Waals surface area contributed by atoms with Gasteiger partial charge in [0.25, 0.3) is 0 Å². The predicted octanol–water partition coefficient (Wildman–Crippen LogP) is 4.12. The van der Waals surface area contributed by atoms with Crippen molar-refractivity contribution in [1.29, 1.82) is 5.26 Å². The fourth-order valence-corrected chi connectivity index (χ4v) is 5.06. The molecular formula is C23H22N8O2S. The molecule has 0 unspecified atom stereocenters. The molecule has 0 atom stereocenters. The second-order valence-electron chi connectivity index (χ2n) is 8.59. The minimum Gasteiger partial charge on any atom is -0.465 e. The van der Waals surface area contributed by atoms with Crippen LogP contribution in [0.3, 0.4) is 0 Å². The lowest BCUT2D eigenvalue weighted by atomic mass is 9.81. The van der Waals surface area contributed by atoms with Crippen LogP contribution in [0.1, 0.15) is 43.2 Å². The Bertz CT molecular complexity index is 1410. The molecule has 172 valence electrons. The number of hydrogen-bond donors (Lipinski definition) is 3. The molecule has 1 aliphatic carbocycles. The van der Waals surface area contributed by atoms with Gasteiger partial charge in [-0.1, -0.05) is 11.3 Å². The maximum absolute atomic E-state index is 10.8. The summed E-state index contributed by atoms with van der Waals surface area (Å²) in [4.78, 5) is 15.5. The van der Waals surface area contributed by atoms with Crippen molar-refractivity contribution in [3.05, 3.63) is 47.2 Å². The maximum atomic E-state index is 10.8. The predicted molar refractivity (Wildman–Crippen MR) is 128 cm³/mol. The van der Waals surface area contributed by atoms with Crippen LogP contribution < -0.4 is 10.6 Å². The molecule has 34 heavy (non-hydrogen) atoms. The van der Waals surface area contributed by atoms with E-state index in [1.807, 2.05) is 18.2 Å². The minimum atomic E-state index is -0.992. The van der Waals surface area contributed by atoms with Gasteiger partial charge in [-0.25, -0.2) is 9.31 Å². The van der Waals surface area contributed by atoms with Crippen molar-refractivity contribution in [2.45, 2.75) is 44.7 Å². The molecule has 1 fully saturated rings. The monoisotopic (exact) mass is 474 g/mol. The lowest BCUT2D eigenvalue weighted by Crippen LogP contribution is -2.42. The van der Waals surface area contributed by atoms with Crippen molar-refractivity contribution >= 4 is 28.6 Å². The van der Waals surface area contributed by atoms with Gasteiger partial charge in [0.2, 0.25) is 0 Å². The van der Waals surface area contributed by atoms with Crippen LogP contribution >= 0.6 is 11.3 Å². The van der Waals surface area contributed by atoms with Crippen LogP contribution in [-0.2, 0) is 0 Å². The fraction of sp³-hybridized carbons (Fsp3) is 0.304. The highest BCUT2D eigenvalue weighted by Crippen LogP contribution is 2.41. The molecule has 0 aromatic carbocycles. The summed E-state index contributed by atoms with van der Waals surface area (Å²) < 4.78 is 1.77.